The number of hydrogen-bond donors (Lipinski definition) is 3. The summed E-state index contributed by atoms with van der Waals surface area (Å²) in [6, 6.07) is 6.90. The molecule has 10 heteroatoms. The van der Waals surface area contributed by atoms with Crippen LogP contribution in [0.15, 0.2) is 53.4 Å². The summed E-state index contributed by atoms with van der Waals surface area (Å²) < 4.78 is 0.761. The second kappa shape index (κ2) is 8.49. The molecular weight excluding hydrogens is 429 g/mol. The maximum Gasteiger partial charge on any atom is 0.192 e. The predicted octanol–water partition coefficient (Wildman–Crippen LogP) is 4.64. The second-order valence-corrected chi connectivity index (χ2v) is 7.80. The predicted molar refractivity (Wildman–Crippen MR) is 120 cm³/mol. The van der Waals surface area contributed by atoms with Crippen LogP contribution in [0.4, 0.5) is 5.82 Å². The Balaban J connectivity index is 2.11. The largest absolute Gasteiger partial charge is 0.370 e. The smallest absolute Gasteiger partial charge is 0.192 e. The molecular formula is C19H15Cl2N7S. The molecule has 0 bridgehead atoms. The van der Waals surface area contributed by atoms with Crippen molar-refractivity contribution in [2.45, 2.75) is 6.92 Å². The topological polar surface area (TPSA) is 126 Å². The standard InChI is InChI=1S/C19H15Cl2N7S/c1-9(2)5-14(28-19(23)24)27-17-16-13(3-4-25-17)26-18(29-16)15-11(20)6-10(8-22)7-12(15)21/h3-7H,1H2,2H3,(H,25,27)(H4,23,24,28)/b14-5-. The molecule has 0 amide bonds. The number of nitriles is 1. The van der Waals surface area contributed by atoms with Gasteiger partial charge in [0.25, 0.3) is 0 Å². The zero-order valence-corrected chi connectivity index (χ0v) is 17.5. The number of benzene rings is 1. The van der Waals surface area contributed by atoms with Crippen molar-refractivity contribution >= 4 is 56.5 Å². The fourth-order valence-corrected chi connectivity index (χ4v) is 4.34. The number of aromatic nitrogens is 2. The molecule has 2 heterocycles. The summed E-state index contributed by atoms with van der Waals surface area (Å²) in [6.07, 6.45) is 3.31. The maximum absolute atomic E-state index is 9.07. The number of aliphatic imine (C=N–C) groups is 1. The van der Waals surface area contributed by atoms with Crippen LogP contribution in [0.3, 0.4) is 0 Å². The summed E-state index contributed by atoms with van der Waals surface area (Å²) in [5.41, 5.74) is 13.4. The highest BCUT2D eigenvalue weighted by atomic mass is 35.5. The van der Waals surface area contributed by atoms with Gasteiger partial charge in [0.1, 0.15) is 10.8 Å². The summed E-state index contributed by atoms with van der Waals surface area (Å²) >= 11 is 14.0. The molecule has 3 aromatic rings. The second-order valence-electron chi connectivity index (χ2n) is 5.99. The van der Waals surface area contributed by atoms with E-state index >= 15 is 0 Å². The highest BCUT2D eigenvalue weighted by Gasteiger charge is 2.17. The van der Waals surface area contributed by atoms with E-state index in [1.807, 2.05) is 13.0 Å². The average Bonchev–Trinajstić information content (AvgIpc) is 3.04. The minimum Gasteiger partial charge on any atom is -0.370 e. The number of hydrogen-bond acceptors (Lipinski definition) is 6. The summed E-state index contributed by atoms with van der Waals surface area (Å²) in [5.74, 6) is 0.810. The van der Waals surface area contributed by atoms with Crippen LogP contribution in [0, 0.1) is 11.3 Å². The van der Waals surface area contributed by atoms with Crippen LogP contribution in [0.2, 0.25) is 10.0 Å². The van der Waals surface area contributed by atoms with Crippen molar-refractivity contribution in [3.05, 3.63) is 64.1 Å². The fourth-order valence-electron chi connectivity index (χ4n) is 2.48. The van der Waals surface area contributed by atoms with Gasteiger partial charge < -0.3 is 16.8 Å². The highest BCUT2D eigenvalue weighted by molar-refractivity contribution is 7.22. The van der Waals surface area contributed by atoms with Gasteiger partial charge in [-0.3, -0.25) is 0 Å². The molecule has 0 aliphatic carbocycles. The van der Waals surface area contributed by atoms with Crippen LogP contribution in [0.1, 0.15) is 12.5 Å². The molecule has 0 radical (unpaired) electrons. The first-order chi connectivity index (χ1) is 13.8. The molecule has 3 rings (SSSR count). The zero-order valence-electron chi connectivity index (χ0n) is 15.2. The molecule has 0 spiro atoms. The lowest BCUT2D eigenvalue weighted by Gasteiger charge is -2.07. The number of pyridine rings is 1. The van der Waals surface area contributed by atoms with E-state index in [1.54, 1.807) is 30.5 Å². The molecule has 7 nitrogen and oxygen atoms in total. The Labute approximate surface area is 181 Å². The molecule has 0 unspecified atom stereocenters. The highest BCUT2D eigenvalue weighted by Crippen LogP contribution is 2.41. The quantitative estimate of drug-likeness (QED) is 0.299. The van der Waals surface area contributed by atoms with Gasteiger partial charge in [0.15, 0.2) is 11.8 Å². The number of nitrogens with one attached hydrogen (secondary N) is 1. The van der Waals surface area contributed by atoms with Gasteiger partial charge in [-0.1, -0.05) is 35.4 Å². The molecule has 0 fully saturated rings. The normalized spacial score (nSPS) is 11.2. The van der Waals surface area contributed by atoms with Gasteiger partial charge in [-0.15, -0.1) is 11.3 Å². The first-order valence-electron chi connectivity index (χ1n) is 8.17. The number of allylic oxidation sites excluding steroid dienone is 2. The number of anilines is 1. The van der Waals surface area contributed by atoms with E-state index in [0.29, 0.717) is 43.3 Å². The van der Waals surface area contributed by atoms with Crippen molar-refractivity contribution in [2.75, 3.05) is 5.32 Å². The van der Waals surface area contributed by atoms with E-state index in [0.717, 1.165) is 10.3 Å². The van der Waals surface area contributed by atoms with Crippen molar-refractivity contribution in [3.63, 3.8) is 0 Å². The molecule has 146 valence electrons. The van der Waals surface area contributed by atoms with E-state index < -0.39 is 0 Å². The van der Waals surface area contributed by atoms with Gasteiger partial charge in [0.05, 0.1) is 31.9 Å². The summed E-state index contributed by atoms with van der Waals surface area (Å²) in [7, 11) is 0. The SMILES string of the molecule is C=C(C)/C=C(\N=C(N)N)Nc1nccc2nc(-c3c(Cl)cc(C#N)cc3Cl)sc12. The Kier molecular flexibility index (Phi) is 6.03. The van der Waals surface area contributed by atoms with Crippen LogP contribution in [-0.4, -0.2) is 15.9 Å². The molecule has 2 aromatic heterocycles. The number of guanidine groups is 1. The van der Waals surface area contributed by atoms with E-state index in [-0.39, 0.29) is 5.96 Å². The Morgan fingerprint density at radius 1 is 1.34 bits per heavy atom. The van der Waals surface area contributed by atoms with E-state index in [2.05, 4.69) is 26.9 Å². The molecule has 0 aliphatic heterocycles. The summed E-state index contributed by atoms with van der Waals surface area (Å²) in [6.45, 7) is 5.65. The Bertz CT molecular complexity index is 1190. The molecule has 0 saturated heterocycles. The Morgan fingerprint density at radius 3 is 2.62 bits per heavy atom. The zero-order chi connectivity index (χ0) is 21.1. The van der Waals surface area contributed by atoms with Crippen LogP contribution >= 0.6 is 34.5 Å². The first-order valence-corrected chi connectivity index (χ1v) is 9.74. The van der Waals surface area contributed by atoms with Crippen molar-refractivity contribution in [3.8, 4) is 16.6 Å². The van der Waals surface area contributed by atoms with Crippen molar-refractivity contribution in [1.29, 1.82) is 5.26 Å². The molecule has 1 aromatic carbocycles. The van der Waals surface area contributed by atoms with Gasteiger partial charge in [0.2, 0.25) is 0 Å². The van der Waals surface area contributed by atoms with Crippen LogP contribution in [-0.2, 0) is 0 Å². The first kappa shape index (κ1) is 20.6. The fraction of sp³-hybridized carbons (Fsp3) is 0.0526. The van der Waals surface area contributed by atoms with Crippen LogP contribution < -0.4 is 16.8 Å². The van der Waals surface area contributed by atoms with E-state index in [1.165, 1.54) is 11.3 Å². The lowest BCUT2D eigenvalue weighted by molar-refractivity contribution is 1.22. The third-order valence-corrected chi connectivity index (χ3v) is 5.26. The molecule has 0 atom stereocenters. The van der Waals surface area contributed by atoms with Crippen LogP contribution in [0.25, 0.3) is 20.8 Å². The van der Waals surface area contributed by atoms with Gasteiger partial charge >= 0.3 is 0 Å². The number of rotatable bonds is 5. The number of fused-ring (bicyclic) bond motifs is 1. The summed E-state index contributed by atoms with van der Waals surface area (Å²) in [5, 5.41) is 13.5. The molecule has 0 aliphatic rings. The van der Waals surface area contributed by atoms with Crippen molar-refractivity contribution in [2.24, 2.45) is 16.5 Å². The van der Waals surface area contributed by atoms with Gasteiger partial charge in [0, 0.05) is 11.8 Å². The third kappa shape index (κ3) is 4.66. The molecule has 29 heavy (non-hydrogen) atoms. The van der Waals surface area contributed by atoms with Gasteiger partial charge in [-0.05, 0) is 31.2 Å². The van der Waals surface area contributed by atoms with E-state index in [9.17, 15) is 0 Å². The number of halogens is 2. The number of thiazole rings is 1. The van der Waals surface area contributed by atoms with E-state index in [4.69, 9.17) is 39.9 Å². The van der Waals surface area contributed by atoms with Crippen molar-refractivity contribution in [1.82, 2.24) is 9.97 Å². The average molecular weight is 444 g/mol. The summed E-state index contributed by atoms with van der Waals surface area (Å²) in [4.78, 5) is 13.0. The Morgan fingerprint density at radius 2 is 2.03 bits per heavy atom. The van der Waals surface area contributed by atoms with Crippen molar-refractivity contribution < 1.29 is 0 Å². The molecule has 5 N–H and O–H groups in total. The monoisotopic (exact) mass is 443 g/mol. The van der Waals surface area contributed by atoms with Gasteiger partial charge in [-0.25, -0.2) is 9.97 Å². The maximum atomic E-state index is 9.07. The van der Waals surface area contributed by atoms with Crippen LogP contribution in [0.5, 0.6) is 0 Å². The molecule has 0 saturated carbocycles. The number of nitrogens with zero attached hydrogens (tertiary/aromatic N) is 4. The lowest BCUT2D eigenvalue weighted by atomic mass is 10.1. The lowest BCUT2D eigenvalue weighted by Crippen LogP contribution is -2.23. The number of nitrogens with two attached hydrogens (primary N) is 2. The third-order valence-electron chi connectivity index (χ3n) is 3.57. The van der Waals surface area contributed by atoms with Gasteiger partial charge in [-0.2, -0.15) is 10.3 Å². The minimum atomic E-state index is -0.0988. The Hall–Kier alpha value is -3.12. The minimum absolute atomic E-state index is 0.0988.